The van der Waals surface area contributed by atoms with Gasteiger partial charge in [0.2, 0.25) is 5.91 Å². The Labute approximate surface area is 180 Å². The Balaban J connectivity index is 2.01. The highest BCUT2D eigenvalue weighted by Crippen LogP contribution is 2.48. The van der Waals surface area contributed by atoms with Gasteiger partial charge in [0.05, 0.1) is 23.3 Å². The molecule has 150 valence electrons. The smallest absolute Gasteiger partial charge is 0.224 e. The minimum absolute atomic E-state index is 0.0835. The lowest BCUT2D eigenvalue weighted by molar-refractivity contribution is -0.124. The number of nitrogens with zero attached hydrogens (tertiary/aromatic N) is 2. The Kier molecular flexibility index (Phi) is 5.04. The van der Waals surface area contributed by atoms with Crippen LogP contribution >= 0.6 is 23.2 Å². The summed E-state index contributed by atoms with van der Waals surface area (Å²) in [5.41, 5.74) is 2.75. The molecular formula is C23H22Cl2N2O2. The van der Waals surface area contributed by atoms with Gasteiger partial charge in [-0.1, -0.05) is 49.2 Å². The van der Waals surface area contributed by atoms with Crippen LogP contribution in [0.25, 0.3) is 0 Å². The van der Waals surface area contributed by atoms with Crippen molar-refractivity contribution < 1.29 is 9.59 Å². The van der Waals surface area contributed by atoms with Gasteiger partial charge in [-0.3, -0.25) is 14.6 Å². The summed E-state index contributed by atoms with van der Waals surface area (Å²) < 4.78 is 0. The van der Waals surface area contributed by atoms with E-state index in [9.17, 15) is 9.59 Å². The van der Waals surface area contributed by atoms with Crippen LogP contribution in [-0.2, 0) is 9.59 Å². The fraction of sp³-hybridized carbons (Fsp3) is 0.348. The predicted molar refractivity (Wildman–Crippen MR) is 117 cm³/mol. The van der Waals surface area contributed by atoms with Gasteiger partial charge in [-0.05, 0) is 47.7 Å². The number of hydrogen-bond acceptors (Lipinski definition) is 3. The second kappa shape index (κ2) is 7.26. The number of anilines is 1. The van der Waals surface area contributed by atoms with Crippen LogP contribution in [0.15, 0.2) is 47.5 Å². The van der Waals surface area contributed by atoms with Crippen LogP contribution in [0.2, 0.25) is 10.0 Å². The molecule has 0 spiro atoms. The molecule has 1 amide bonds. The zero-order chi connectivity index (χ0) is 20.9. The van der Waals surface area contributed by atoms with Crippen LogP contribution < -0.4 is 4.90 Å². The lowest BCUT2D eigenvalue weighted by Gasteiger charge is -2.40. The number of ketones is 1. The molecule has 1 aliphatic carbocycles. The third-order valence-electron chi connectivity index (χ3n) is 5.58. The highest BCUT2D eigenvalue weighted by Gasteiger charge is 2.47. The van der Waals surface area contributed by atoms with E-state index in [4.69, 9.17) is 28.2 Å². The molecule has 1 saturated carbocycles. The minimum atomic E-state index is -0.547. The van der Waals surface area contributed by atoms with E-state index in [1.165, 1.54) is 6.92 Å². The van der Waals surface area contributed by atoms with Crippen molar-refractivity contribution in [3.8, 4) is 0 Å². The normalized spacial score (nSPS) is 23.0. The van der Waals surface area contributed by atoms with Crippen molar-refractivity contribution in [2.75, 3.05) is 4.90 Å². The van der Waals surface area contributed by atoms with E-state index in [2.05, 4.69) is 13.8 Å². The maximum atomic E-state index is 13.4. The van der Waals surface area contributed by atoms with Crippen LogP contribution in [0.3, 0.4) is 0 Å². The highest BCUT2D eigenvalue weighted by atomic mass is 35.5. The number of aliphatic imine (C=N–C) groups is 1. The molecule has 4 rings (SSSR count). The number of rotatable bonds is 1. The summed E-state index contributed by atoms with van der Waals surface area (Å²) in [7, 11) is 0. The molecule has 1 heterocycles. The first-order valence-corrected chi connectivity index (χ1v) is 10.4. The molecule has 4 nitrogen and oxygen atoms in total. The van der Waals surface area contributed by atoms with E-state index in [0.717, 1.165) is 11.3 Å². The van der Waals surface area contributed by atoms with Gasteiger partial charge in [0.25, 0.3) is 0 Å². The number of carbonyl (C=O) groups excluding carboxylic acids is 2. The van der Waals surface area contributed by atoms with Crippen LogP contribution in [0.5, 0.6) is 0 Å². The SMILES string of the molecule is CC(=O)N1c2ccccc2N=C2CC(C)(C)CC(=O)C2C1c1cc(Cl)cc(Cl)c1. The van der Waals surface area contributed by atoms with Crippen molar-refractivity contribution in [3.05, 3.63) is 58.1 Å². The van der Waals surface area contributed by atoms with Gasteiger partial charge in [-0.25, -0.2) is 0 Å². The first-order chi connectivity index (χ1) is 13.7. The lowest BCUT2D eigenvalue weighted by atomic mass is 9.68. The van der Waals surface area contributed by atoms with Crippen molar-refractivity contribution in [1.29, 1.82) is 0 Å². The van der Waals surface area contributed by atoms with Crippen molar-refractivity contribution >= 4 is 52.0 Å². The van der Waals surface area contributed by atoms with E-state index in [0.29, 0.717) is 34.3 Å². The van der Waals surface area contributed by atoms with Gasteiger partial charge in [0.15, 0.2) is 0 Å². The van der Waals surface area contributed by atoms with Gasteiger partial charge in [0, 0.05) is 29.1 Å². The summed E-state index contributed by atoms with van der Waals surface area (Å²) >= 11 is 12.6. The van der Waals surface area contributed by atoms with Gasteiger partial charge in [0.1, 0.15) is 5.78 Å². The summed E-state index contributed by atoms with van der Waals surface area (Å²) in [4.78, 5) is 32.8. The van der Waals surface area contributed by atoms with E-state index in [-0.39, 0.29) is 17.1 Å². The Hall–Kier alpha value is -2.17. The predicted octanol–water partition coefficient (Wildman–Crippen LogP) is 6.18. The second-order valence-electron chi connectivity index (χ2n) is 8.59. The fourth-order valence-electron chi connectivity index (χ4n) is 4.57. The van der Waals surface area contributed by atoms with Gasteiger partial charge >= 0.3 is 0 Å². The molecule has 1 fully saturated rings. The topological polar surface area (TPSA) is 49.7 Å². The number of Topliss-reactive ketones (excluding diaryl/α,β-unsaturated/α-hetero) is 1. The number of benzene rings is 2. The molecule has 2 aromatic carbocycles. The molecule has 6 heteroatoms. The molecule has 2 atom stereocenters. The fourth-order valence-corrected chi connectivity index (χ4v) is 5.11. The van der Waals surface area contributed by atoms with Crippen LogP contribution in [0.1, 0.15) is 45.2 Å². The van der Waals surface area contributed by atoms with Crippen molar-refractivity contribution in [3.63, 3.8) is 0 Å². The molecule has 0 bridgehead atoms. The quantitative estimate of drug-likeness (QED) is 0.544. The molecule has 1 aliphatic heterocycles. The molecule has 0 saturated heterocycles. The largest absolute Gasteiger partial charge is 0.302 e. The van der Waals surface area contributed by atoms with Crippen LogP contribution in [-0.4, -0.2) is 17.4 Å². The highest BCUT2D eigenvalue weighted by molar-refractivity contribution is 6.34. The maximum absolute atomic E-state index is 13.4. The Morgan fingerprint density at radius 3 is 2.41 bits per heavy atom. The summed E-state index contributed by atoms with van der Waals surface area (Å²) in [5, 5.41) is 0.936. The standard InChI is InChI=1S/C23H22Cl2N2O2/c1-13(28)27-19-7-5-4-6-17(19)26-18-11-23(2,3)12-20(29)21(18)22(27)14-8-15(24)10-16(25)9-14/h4-10,21-22H,11-12H2,1-3H3. The molecule has 2 unspecified atom stereocenters. The summed E-state index contributed by atoms with van der Waals surface area (Å²) in [6.45, 7) is 5.67. The average molecular weight is 429 g/mol. The van der Waals surface area contributed by atoms with Crippen LogP contribution in [0, 0.1) is 11.3 Å². The maximum Gasteiger partial charge on any atom is 0.224 e. The van der Waals surface area contributed by atoms with E-state index >= 15 is 0 Å². The molecular weight excluding hydrogens is 407 g/mol. The zero-order valence-electron chi connectivity index (χ0n) is 16.6. The molecule has 29 heavy (non-hydrogen) atoms. The number of hydrogen-bond donors (Lipinski definition) is 0. The monoisotopic (exact) mass is 428 g/mol. The van der Waals surface area contributed by atoms with E-state index in [1.807, 2.05) is 24.3 Å². The molecule has 2 aliphatic rings. The Bertz CT molecular complexity index is 1020. The molecule has 0 N–H and O–H groups in total. The first-order valence-electron chi connectivity index (χ1n) is 9.61. The Morgan fingerprint density at radius 1 is 1.10 bits per heavy atom. The molecule has 2 aromatic rings. The zero-order valence-corrected chi connectivity index (χ0v) is 18.1. The Morgan fingerprint density at radius 2 is 1.76 bits per heavy atom. The van der Waals surface area contributed by atoms with Crippen molar-refractivity contribution in [2.24, 2.45) is 16.3 Å². The van der Waals surface area contributed by atoms with Gasteiger partial charge in [-0.2, -0.15) is 0 Å². The van der Waals surface area contributed by atoms with E-state index in [1.54, 1.807) is 23.1 Å². The first kappa shape index (κ1) is 20.1. The number of fused-ring (bicyclic) bond motifs is 2. The summed E-state index contributed by atoms with van der Waals surface area (Å²) in [5.74, 6) is -0.610. The number of carbonyl (C=O) groups is 2. The second-order valence-corrected chi connectivity index (χ2v) is 9.46. The number of amides is 1. The summed E-state index contributed by atoms with van der Waals surface area (Å²) in [6, 6.07) is 12.2. The third-order valence-corrected chi connectivity index (χ3v) is 6.02. The van der Waals surface area contributed by atoms with Gasteiger partial charge < -0.3 is 4.90 Å². The van der Waals surface area contributed by atoms with Crippen LogP contribution in [0.4, 0.5) is 11.4 Å². The average Bonchev–Trinajstić information content (AvgIpc) is 2.73. The minimum Gasteiger partial charge on any atom is -0.302 e. The lowest BCUT2D eigenvalue weighted by Crippen LogP contribution is -2.46. The number of para-hydroxylation sites is 2. The third kappa shape index (κ3) is 3.72. The van der Waals surface area contributed by atoms with Crippen molar-refractivity contribution in [1.82, 2.24) is 0 Å². The van der Waals surface area contributed by atoms with Gasteiger partial charge in [-0.15, -0.1) is 0 Å². The molecule has 0 radical (unpaired) electrons. The van der Waals surface area contributed by atoms with Crippen molar-refractivity contribution in [2.45, 2.75) is 39.7 Å². The number of halogens is 2. The molecule has 0 aromatic heterocycles. The summed E-state index contributed by atoms with van der Waals surface area (Å²) in [6.07, 6.45) is 1.12. The van der Waals surface area contributed by atoms with E-state index < -0.39 is 12.0 Å².